The van der Waals surface area contributed by atoms with E-state index in [1.165, 1.54) is 4.90 Å². The number of benzene rings is 1. The number of rotatable bonds is 7. The van der Waals surface area contributed by atoms with Crippen LogP contribution in [0, 0.1) is 0 Å². The lowest BCUT2D eigenvalue weighted by Gasteiger charge is -2.35. The average molecular weight is 442 g/mol. The molecule has 4 amide bonds. The monoisotopic (exact) mass is 441 g/mol. The Morgan fingerprint density at radius 1 is 1.06 bits per heavy atom. The summed E-state index contributed by atoms with van der Waals surface area (Å²) in [7, 11) is 2.13. The Bertz CT molecular complexity index is 816. The Labute approximate surface area is 190 Å². The van der Waals surface area contributed by atoms with Gasteiger partial charge in [0.2, 0.25) is 5.91 Å². The first-order valence-electron chi connectivity index (χ1n) is 11.9. The predicted molar refractivity (Wildman–Crippen MR) is 122 cm³/mol. The van der Waals surface area contributed by atoms with Crippen molar-refractivity contribution in [2.75, 3.05) is 46.3 Å². The van der Waals surface area contributed by atoms with Crippen LogP contribution in [0.15, 0.2) is 30.3 Å². The normalized spacial score (nSPS) is 22.7. The van der Waals surface area contributed by atoms with E-state index in [1.54, 1.807) is 0 Å². The zero-order valence-corrected chi connectivity index (χ0v) is 19.0. The molecule has 1 atom stereocenters. The van der Waals surface area contributed by atoms with E-state index in [-0.39, 0.29) is 36.9 Å². The number of carbonyl (C=O) groups excluding carboxylic acids is 3. The number of urea groups is 1. The summed E-state index contributed by atoms with van der Waals surface area (Å²) in [5.41, 5.74) is 0.329. The molecule has 1 aromatic carbocycles. The second kappa shape index (κ2) is 10.0. The van der Waals surface area contributed by atoms with Gasteiger partial charge in [0.1, 0.15) is 5.54 Å². The molecule has 0 aromatic heterocycles. The molecule has 2 N–H and O–H groups in total. The van der Waals surface area contributed by atoms with E-state index in [2.05, 4.69) is 27.5 Å². The standard InChI is InChI=1S/C24H35N5O3/c1-27-14-16-28(17-15-27)18-20(19-8-4-2-5-9-19)25-21(30)10-13-29-22(31)24(26-23(29)32)11-6-3-7-12-24/h2,4-5,8-9,20H,3,6-7,10-18H2,1H3,(H,25,30)(H,26,32). The van der Waals surface area contributed by atoms with Gasteiger partial charge in [-0.15, -0.1) is 0 Å². The third-order valence-corrected chi connectivity index (χ3v) is 7.09. The Kier molecular flexibility index (Phi) is 7.10. The highest BCUT2D eigenvalue weighted by molar-refractivity contribution is 6.07. The molecule has 1 aromatic rings. The number of carbonyl (C=O) groups is 3. The number of nitrogens with one attached hydrogen (secondary N) is 2. The molecule has 0 bridgehead atoms. The SMILES string of the molecule is CN1CCN(CC(NC(=O)CCN2C(=O)NC3(CCCCC3)C2=O)c2ccccc2)CC1. The number of hydrogen-bond donors (Lipinski definition) is 2. The molecule has 3 aliphatic rings. The summed E-state index contributed by atoms with van der Waals surface area (Å²) in [6, 6.07) is 9.51. The molecule has 1 unspecified atom stereocenters. The third-order valence-electron chi connectivity index (χ3n) is 7.09. The molecule has 1 spiro atoms. The van der Waals surface area contributed by atoms with Gasteiger partial charge in [-0.05, 0) is 25.5 Å². The molecular formula is C24H35N5O3. The highest BCUT2D eigenvalue weighted by Crippen LogP contribution is 2.33. The fraction of sp³-hybridized carbons (Fsp3) is 0.625. The van der Waals surface area contributed by atoms with Crippen LogP contribution in [0.3, 0.4) is 0 Å². The first-order valence-corrected chi connectivity index (χ1v) is 11.9. The second-order valence-corrected chi connectivity index (χ2v) is 9.41. The van der Waals surface area contributed by atoms with Crippen LogP contribution in [0.4, 0.5) is 4.79 Å². The van der Waals surface area contributed by atoms with E-state index in [4.69, 9.17) is 0 Å². The van der Waals surface area contributed by atoms with Crippen LogP contribution < -0.4 is 10.6 Å². The van der Waals surface area contributed by atoms with Crippen LogP contribution in [0.5, 0.6) is 0 Å². The molecule has 4 rings (SSSR count). The number of hydrogen-bond acceptors (Lipinski definition) is 5. The van der Waals surface area contributed by atoms with Gasteiger partial charge in [-0.25, -0.2) is 4.79 Å². The minimum Gasteiger partial charge on any atom is -0.348 e. The van der Waals surface area contributed by atoms with Crippen LogP contribution in [0.1, 0.15) is 50.1 Å². The lowest BCUT2D eigenvalue weighted by Crippen LogP contribution is -2.48. The van der Waals surface area contributed by atoms with Crippen LogP contribution >= 0.6 is 0 Å². The van der Waals surface area contributed by atoms with Gasteiger partial charge in [0.15, 0.2) is 0 Å². The zero-order valence-electron chi connectivity index (χ0n) is 19.0. The molecular weight excluding hydrogens is 406 g/mol. The molecule has 0 radical (unpaired) electrons. The molecule has 2 aliphatic heterocycles. The van der Waals surface area contributed by atoms with Crippen LogP contribution in [-0.2, 0) is 9.59 Å². The van der Waals surface area contributed by atoms with Gasteiger partial charge in [-0.1, -0.05) is 49.6 Å². The molecule has 1 saturated carbocycles. The van der Waals surface area contributed by atoms with Crippen molar-refractivity contribution < 1.29 is 14.4 Å². The van der Waals surface area contributed by atoms with Gasteiger partial charge < -0.3 is 15.5 Å². The first-order chi connectivity index (χ1) is 15.5. The first kappa shape index (κ1) is 22.7. The third kappa shape index (κ3) is 5.13. The number of likely N-dealkylation sites (N-methyl/N-ethyl adjacent to an activating group) is 1. The van der Waals surface area contributed by atoms with Gasteiger partial charge in [-0.2, -0.15) is 0 Å². The maximum atomic E-state index is 12.9. The van der Waals surface area contributed by atoms with Crippen molar-refractivity contribution in [2.45, 2.75) is 50.1 Å². The predicted octanol–water partition coefficient (Wildman–Crippen LogP) is 1.74. The van der Waals surface area contributed by atoms with Gasteiger partial charge in [0.05, 0.1) is 6.04 Å². The summed E-state index contributed by atoms with van der Waals surface area (Å²) in [5, 5.41) is 6.06. The van der Waals surface area contributed by atoms with Crippen molar-refractivity contribution in [2.24, 2.45) is 0 Å². The van der Waals surface area contributed by atoms with Crippen LogP contribution in [0.2, 0.25) is 0 Å². The van der Waals surface area contributed by atoms with Gasteiger partial charge >= 0.3 is 6.03 Å². The van der Waals surface area contributed by atoms with E-state index in [0.717, 1.165) is 57.5 Å². The summed E-state index contributed by atoms with van der Waals surface area (Å²) in [6.07, 6.45) is 4.50. The summed E-state index contributed by atoms with van der Waals surface area (Å²) >= 11 is 0. The van der Waals surface area contributed by atoms with Crippen molar-refractivity contribution in [1.29, 1.82) is 0 Å². The maximum Gasteiger partial charge on any atom is 0.325 e. The van der Waals surface area contributed by atoms with Gasteiger partial charge in [0.25, 0.3) is 5.91 Å². The molecule has 174 valence electrons. The number of imide groups is 1. The van der Waals surface area contributed by atoms with E-state index in [0.29, 0.717) is 12.8 Å². The minimum atomic E-state index is -0.736. The molecule has 32 heavy (non-hydrogen) atoms. The summed E-state index contributed by atoms with van der Waals surface area (Å²) in [6.45, 7) is 4.84. The Morgan fingerprint density at radius 3 is 2.44 bits per heavy atom. The smallest absolute Gasteiger partial charge is 0.325 e. The van der Waals surface area contributed by atoms with Crippen molar-refractivity contribution in [1.82, 2.24) is 25.3 Å². The fourth-order valence-electron chi connectivity index (χ4n) is 5.06. The maximum absolute atomic E-state index is 12.9. The Balaban J connectivity index is 1.35. The fourth-order valence-corrected chi connectivity index (χ4v) is 5.06. The summed E-state index contributed by atoms with van der Waals surface area (Å²) < 4.78 is 0. The van der Waals surface area contributed by atoms with E-state index in [1.807, 2.05) is 30.3 Å². The van der Waals surface area contributed by atoms with Crippen molar-refractivity contribution >= 4 is 17.8 Å². The number of nitrogens with zero attached hydrogens (tertiary/aromatic N) is 3. The molecule has 8 heteroatoms. The highest BCUT2D eigenvalue weighted by Gasteiger charge is 2.51. The molecule has 8 nitrogen and oxygen atoms in total. The number of piperazine rings is 1. The van der Waals surface area contributed by atoms with Gasteiger partial charge in [0, 0.05) is 45.7 Å². The summed E-state index contributed by atoms with van der Waals surface area (Å²) in [5.74, 6) is -0.301. The number of amides is 4. The lowest BCUT2D eigenvalue weighted by molar-refractivity contribution is -0.132. The van der Waals surface area contributed by atoms with E-state index >= 15 is 0 Å². The largest absolute Gasteiger partial charge is 0.348 e. The van der Waals surface area contributed by atoms with Crippen LogP contribution in [0.25, 0.3) is 0 Å². The molecule has 1 aliphatic carbocycles. The van der Waals surface area contributed by atoms with Gasteiger partial charge in [-0.3, -0.25) is 19.4 Å². The second-order valence-electron chi connectivity index (χ2n) is 9.41. The Morgan fingerprint density at radius 2 is 1.75 bits per heavy atom. The quantitative estimate of drug-likeness (QED) is 0.630. The van der Waals surface area contributed by atoms with Crippen molar-refractivity contribution in [3.8, 4) is 0 Å². The van der Waals surface area contributed by atoms with E-state index < -0.39 is 5.54 Å². The minimum absolute atomic E-state index is 0.112. The molecule has 3 fully saturated rings. The summed E-state index contributed by atoms with van der Waals surface area (Å²) in [4.78, 5) is 44.2. The van der Waals surface area contributed by atoms with Crippen molar-refractivity contribution in [3.05, 3.63) is 35.9 Å². The topological polar surface area (TPSA) is 85.0 Å². The van der Waals surface area contributed by atoms with Crippen molar-refractivity contribution in [3.63, 3.8) is 0 Å². The van der Waals surface area contributed by atoms with E-state index in [9.17, 15) is 14.4 Å². The molecule has 2 heterocycles. The zero-order chi connectivity index (χ0) is 22.6. The van der Waals surface area contributed by atoms with Crippen LogP contribution in [-0.4, -0.2) is 84.4 Å². The average Bonchev–Trinajstić information content (AvgIpc) is 3.03. The molecule has 2 saturated heterocycles. The highest BCUT2D eigenvalue weighted by atomic mass is 16.2. The Hall–Kier alpha value is -2.45. The lowest BCUT2D eigenvalue weighted by atomic mass is 9.82.